The number of benzene rings is 2. The molecule has 0 aromatic heterocycles. The molecule has 2 aliphatic heterocycles. The lowest BCUT2D eigenvalue weighted by molar-refractivity contribution is -0.139. The Balaban J connectivity index is 1.81. The fourth-order valence-electron chi connectivity index (χ4n) is 3.68. The summed E-state index contributed by atoms with van der Waals surface area (Å²) in [6, 6.07) is 13.8. The first-order valence-electron chi connectivity index (χ1n) is 9.49. The fraction of sp³-hybridized carbons (Fsp3) is 0.217. The molecule has 2 heterocycles. The van der Waals surface area contributed by atoms with Crippen molar-refractivity contribution in [2.24, 2.45) is 0 Å². The molecule has 0 aliphatic carbocycles. The van der Waals surface area contributed by atoms with Gasteiger partial charge in [-0.2, -0.15) is 0 Å². The fourth-order valence-corrected chi connectivity index (χ4v) is 4.99. The van der Waals surface area contributed by atoms with Crippen LogP contribution in [0.15, 0.2) is 65.9 Å². The maximum absolute atomic E-state index is 13.0. The van der Waals surface area contributed by atoms with Gasteiger partial charge in [-0.3, -0.25) is 14.5 Å². The van der Waals surface area contributed by atoms with Gasteiger partial charge < -0.3 is 19.3 Å². The molecule has 0 spiro atoms. The Kier molecular flexibility index (Phi) is 5.65. The predicted molar refractivity (Wildman–Crippen MR) is 118 cm³/mol. The van der Waals surface area contributed by atoms with Crippen LogP contribution in [0, 0.1) is 0 Å². The monoisotopic (exact) mass is 439 g/mol. The molecule has 4 rings (SSSR count). The van der Waals surface area contributed by atoms with E-state index in [9.17, 15) is 14.7 Å². The van der Waals surface area contributed by atoms with Crippen LogP contribution in [-0.2, 0) is 14.3 Å². The Morgan fingerprint density at radius 3 is 2.10 bits per heavy atom. The molecule has 0 fully saturated rings. The van der Waals surface area contributed by atoms with Crippen molar-refractivity contribution < 1.29 is 28.9 Å². The Bertz CT molecular complexity index is 1070. The first-order chi connectivity index (χ1) is 15.0. The van der Waals surface area contributed by atoms with E-state index in [2.05, 4.69) is 0 Å². The van der Waals surface area contributed by atoms with Crippen LogP contribution in [0.25, 0.3) is 4.91 Å². The van der Waals surface area contributed by atoms with E-state index in [0.717, 1.165) is 10.5 Å². The summed E-state index contributed by atoms with van der Waals surface area (Å²) in [4.78, 5) is 27.8. The van der Waals surface area contributed by atoms with Crippen molar-refractivity contribution in [3.63, 3.8) is 0 Å². The summed E-state index contributed by atoms with van der Waals surface area (Å²) in [6.45, 7) is 0. The van der Waals surface area contributed by atoms with Gasteiger partial charge in [-0.25, -0.2) is 0 Å². The van der Waals surface area contributed by atoms with Gasteiger partial charge in [-0.15, -0.1) is 11.8 Å². The summed E-state index contributed by atoms with van der Waals surface area (Å²) in [5, 5.41) is 9.82. The molecular formula is C23H21NO6S. The zero-order chi connectivity index (χ0) is 22.1. The topological polar surface area (TPSA) is 85.3 Å². The van der Waals surface area contributed by atoms with Crippen LogP contribution < -0.4 is 14.4 Å². The van der Waals surface area contributed by atoms with E-state index in [1.807, 2.05) is 30.3 Å². The molecule has 0 bridgehead atoms. The molecule has 7 nitrogen and oxygen atoms in total. The van der Waals surface area contributed by atoms with E-state index in [0.29, 0.717) is 22.8 Å². The number of nitrogens with zero attached hydrogens (tertiary/aromatic N) is 1. The number of methoxy groups -OCH3 is 3. The van der Waals surface area contributed by atoms with E-state index < -0.39 is 28.9 Å². The van der Waals surface area contributed by atoms with Crippen LogP contribution in [-0.4, -0.2) is 49.6 Å². The number of carbonyl (C=O) groups excluding carboxylic acids is 2. The maximum atomic E-state index is 13.0. The lowest BCUT2D eigenvalue weighted by Gasteiger charge is -2.31. The minimum Gasteiger partial charge on any atom is -0.503 e. The van der Waals surface area contributed by atoms with Gasteiger partial charge >= 0.3 is 5.97 Å². The summed E-state index contributed by atoms with van der Waals surface area (Å²) in [6.07, 6.45) is 1.88. The molecule has 1 amide bonds. The average molecular weight is 439 g/mol. The van der Waals surface area contributed by atoms with Crippen molar-refractivity contribution in [2.45, 2.75) is 11.3 Å². The van der Waals surface area contributed by atoms with Gasteiger partial charge in [0.1, 0.15) is 16.7 Å². The number of aliphatic hydroxyl groups excluding tert-OH is 1. The van der Waals surface area contributed by atoms with E-state index in [-0.39, 0.29) is 0 Å². The quantitative estimate of drug-likeness (QED) is 0.713. The van der Waals surface area contributed by atoms with Crippen molar-refractivity contribution in [1.82, 2.24) is 0 Å². The molecule has 2 aromatic rings. The van der Waals surface area contributed by atoms with Gasteiger partial charge in [0, 0.05) is 16.2 Å². The van der Waals surface area contributed by atoms with Crippen LogP contribution in [0.5, 0.6) is 11.5 Å². The Labute approximate surface area is 183 Å². The maximum Gasteiger partial charge on any atom is 0.323 e. The first-order valence-corrected chi connectivity index (χ1v) is 10.4. The Hall–Kier alpha value is -3.39. The van der Waals surface area contributed by atoms with Gasteiger partial charge in [-0.05, 0) is 48.0 Å². The normalized spacial score (nSPS) is 20.3. The van der Waals surface area contributed by atoms with Crippen molar-refractivity contribution >= 4 is 34.2 Å². The Morgan fingerprint density at radius 2 is 1.55 bits per heavy atom. The molecule has 160 valence electrons. The Morgan fingerprint density at radius 1 is 0.968 bits per heavy atom. The summed E-state index contributed by atoms with van der Waals surface area (Å²) in [5.74, 6) is -0.154. The highest BCUT2D eigenvalue weighted by Crippen LogP contribution is 2.47. The predicted octanol–water partition coefficient (Wildman–Crippen LogP) is 3.56. The summed E-state index contributed by atoms with van der Waals surface area (Å²) < 4.78 is 15.4. The second-order valence-electron chi connectivity index (χ2n) is 6.90. The van der Waals surface area contributed by atoms with Crippen LogP contribution in [0.4, 0.5) is 5.69 Å². The molecule has 0 saturated heterocycles. The molecule has 31 heavy (non-hydrogen) atoms. The lowest BCUT2D eigenvalue weighted by atomic mass is 10.0. The third-order valence-corrected chi connectivity index (χ3v) is 6.58. The second kappa shape index (κ2) is 8.39. The zero-order valence-electron chi connectivity index (χ0n) is 17.2. The number of esters is 1. The van der Waals surface area contributed by atoms with Crippen LogP contribution in [0.3, 0.4) is 0 Å². The molecule has 0 radical (unpaired) electrons. The second-order valence-corrected chi connectivity index (χ2v) is 8.05. The smallest absolute Gasteiger partial charge is 0.323 e. The number of thioether (sulfide) groups is 1. The van der Waals surface area contributed by atoms with Crippen molar-refractivity contribution in [3.8, 4) is 11.5 Å². The number of anilines is 1. The highest BCUT2D eigenvalue weighted by molar-refractivity contribution is 8.09. The minimum absolute atomic E-state index is 0.329. The highest BCUT2D eigenvalue weighted by atomic mass is 32.2. The molecule has 0 unspecified atom stereocenters. The standard InChI is InChI=1S/C23H21NO6S/c1-28-15-8-4-13(5-9-15)18-12-17-19(21(31-18)23(27)30-3)20(25)22(26)24(17)14-6-10-16(29-2)11-7-14/h4-12,17,21,25H,1-3H3/t17-,21-/m1/s1. The number of fused-ring (bicyclic) bond motifs is 1. The summed E-state index contributed by atoms with van der Waals surface area (Å²) in [7, 11) is 4.44. The van der Waals surface area contributed by atoms with E-state index in [1.165, 1.54) is 23.8 Å². The van der Waals surface area contributed by atoms with E-state index in [1.54, 1.807) is 38.5 Å². The zero-order valence-corrected chi connectivity index (χ0v) is 18.0. The molecule has 0 saturated carbocycles. The summed E-state index contributed by atoms with van der Waals surface area (Å²) >= 11 is 1.25. The lowest BCUT2D eigenvalue weighted by Crippen LogP contribution is -2.39. The largest absolute Gasteiger partial charge is 0.503 e. The summed E-state index contributed by atoms with van der Waals surface area (Å²) in [5.41, 5.74) is 1.78. The SMILES string of the molecule is COC(=O)[C@@H]1SC(c2ccc(OC)cc2)=C[C@@H]2C1=C(O)C(=O)N2c1ccc(OC)cc1. The van der Waals surface area contributed by atoms with Gasteiger partial charge in [0.2, 0.25) is 0 Å². The van der Waals surface area contributed by atoms with Gasteiger partial charge in [-0.1, -0.05) is 12.1 Å². The van der Waals surface area contributed by atoms with Gasteiger partial charge in [0.05, 0.1) is 27.4 Å². The third-order valence-electron chi connectivity index (χ3n) is 5.27. The van der Waals surface area contributed by atoms with E-state index >= 15 is 0 Å². The first kappa shape index (κ1) is 20.9. The van der Waals surface area contributed by atoms with E-state index in [4.69, 9.17) is 14.2 Å². The van der Waals surface area contributed by atoms with Gasteiger partial charge in [0.25, 0.3) is 5.91 Å². The number of ether oxygens (including phenoxy) is 3. The number of carbonyl (C=O) groups is 2. The number of aliphatic hydroxyl groups is 1. The van der Waals surface area contributed by atoms with Crippen molar-refractivity contribution in [2.75, 3.05) is 26.2 Å². The molecule has 2 atom stereocenters. The number of hydrogen-bond acceptors (Lipinski definition) is 7. The van der Waals surface area contributed by atoms with Gasteiger partial charge in [0.15, 0.2) is 5.76 Å². The van der Waals surface area contributed by atoms with Crippen LogP contribution in [0.2, 0.25) is 0 Å². The highest BCUT2D eigenvalue weighted by Gasteiger charge is 2.48. The molecule has 2 aliphatic rings. The number of rotatable bonds is 5. The number of hydrogen-bond donors (Lipinski definition) is 1. The number of amides is 1. The molecule has 1 N–H and O–H groups in total. The van der Waals surface area contributed by atoms with Crippen molar-refractivity contribution in [1.29, 1.82) is 0 Å². The molecule has 2 aromatic carbocycles. The molecular weight excluding hydrogens is 418 g/mol. The third kappa shape index (κ3) is 3.63. The van der Waals surface area contributed by atoms with Crippen LogP contribution >= 0.6 is 11.8 Å². The van der Waals surface area contributed by atoms with Crippen LogP contribution in [0.1, 0.15) is 5.56 Å². The van der Waals surface area contributed by atoms with Crippen molar-refractivity contribution in [3.05, 3.63) is 71.5 Å². The minimum atomic E-state index is -0.843. The average Bonchev–Trinajstić information content (AvgIpc) is 3.08. The molecule has 8 heteroatoms.